The van der Waals surface area contributed by atoms with Crippen molar-refractivity contribution in [1.82, 2.24) is 9.21 Å². The molecule has 9 heteroatoms. The van der Waals surface area contributed by atoms with E-state index < -0.39 is 22.0 Å². The Morgan fingerprint density at radius 2 is 1.89 bits per heavy atom. The van der Waals surface area contributed by atoms with Crippen molar-refractivity contribution in [1.29, 1.82) is 0 Å². The Kier molecular flexibility index (Phi) is 6.13. The average molecular weight is 396 g/mol. The second-order valence-electron chi connectivity index (χ2n) is 6.58. The van der Waals surface area contributed by atoms with Gasteiger partial charge in [0.2, 0.25) is 10.0 Å². The van der Waals surface area contributed by atoms with Gasteiger partial charge in [0, 0.05) is 25.2 Å². The third-order valence-corrected chi connectivity index (χ3v) is 6.82. The highest BCUT2D eigenvalue weighted by molar-refractivity contribution is 7.89. The zero-order chi connectivity index (χ0) is 19.4. The molecule has 1 aromatic rings. The summed E-state index contributed by atoms with van der Waals surface area (Å²) in [7, 11) is -2.39. The van der Waals surface area contributed by atoms with Crippen molar-refractivity contribution < 1.29 is 27.5 Å². The number of esters is 1. The topological polar surface area (TPSA) is 93.2 Å². The lowest BCUT2D eigenvalue weighted by Crippen LogP contribution is -2.48. The highest BCUT2D eigenvalue weighted by Gasteiger charge is 2.34. The SMILES string of the molecule is COC(=O)[C@@H]1CCCCN1C(=O)c1cccc(S(=O)(=O)N2CCOCC2)c1. The van der Waals surface area contributed by atoms with E-state index in [0.29, 0.717) is 26.2 Å². The third kappa shape index (κ3) is 4.15. The normalized spacial score (nSPS) is 21.7. The van der Waals surface area contributed by atoms with Crippen molar-refractivity contribution in [3.05, 3.63) is 29.8 Å². The van der Waals surface area contributed by atoms with E-state index in [1.54, 1.807) is 12.1 Å². The molecule has 0 aliphatic carbocycles. The molecule has 27 heavy (non-hydrogen) atoms. The van der Waals surface area contributed by atoms with E-state index in [2.05, 4.69) is 0 Å². The van der Waals surface area contributed by atoms with Gasteiger partial charge in [-0.1, -0.05) is 6.07 Å². The minimum atomic E-state index is -3.69. The standard InChI is InChI=1S/C18H24N2O6S/c1-25-18(22)16-7-2-3-8-20(16)17(21)14-5-4-6-15(13-14)27(23,24)19-9-11-26-12-10-19/h4-6,13,16H,2-3,7-12H2,1H3/t16-/m0/s1. The zero-order valence-corrected chi connectivity index (χ0v) is 16.1. The minimum absolute atomic E-state index is 0.0712. The number of rotatable bonds is 4. The number of hydrogen-bond acceptors (Lipinski definition) is 6. The fraction of sp³-hybridized carbons (Fsp3) is 0.556. The van der Waals surface area contributed by atoms with E-state index in [1.165, 1.54) is 28.4 Å². The number of piperidine rings is 1. The van der Waals surface area contributed by atoms with E-state index in [1.807, 2.05) is 0 Å². The molecule has 1 atom stereocenters. The molecule has 0 saturated carbocycles. The van der Waals surface area contributed by atoms with Gasteiger partial charge in [-0.25, -0.2) is 13.2 Å². The first kappa shape index (κ1) is 19.8. The van der Waals surface area contributed by atoms with Crippen molar-refractivity contribution in [2.24, 2.45) is 0 Å². The number of sulfonamides is 1. The number of nitrogens with zero attached hydrogens (tertiary/aromatic N) is 2. The number of amides is 1. The molecule has 2 aliphatic heterocycles. The molecular weight excluding hydrogens is 372 g/mol. The maximum atomic E-state index is 13.0. The van der Waals surface area contributed by atoms with Gasteiger partial charge in [-0.3, -0.25) is 4.79 Å². The smallest absolute Gasteiger partial charge is 0.328 e. The maximum Gasteiger partial charge on any atom is 0.328 e. The summed E-state index contributed by atoms with van der Waals surface area (Å²) < 4.78 is 37.0. The number of methoxy groups -OCH3 is 1. The molecule has 148 valence electrons. The van der Waals surface area contributed by atoms with Crippen molar-refractivity contribution in [2.45, 2.75) is 30.2 Å². The number of carbonyl (C=O) groups is 2. The van der Waals surface area contributed by atoms with E-state index >= 15 is 0 Å². The van der Waals surface area contributed by atoms with Crippen LogP contribution in [-0.2, 0) is 24.3 Å². The van der Waals surface area contributed by atoms with Crippen LogP contribution in [0.4, 0.5) is 0 Å². The number of carbonyl (C=O) groups excluding carboxylic acids is 2. The Balaban J connectivity index is 1.86. The molecule has 2 saturated heterocycles. The van der Waals surface area contributed by atoms with Crippen LogP contribution in [0.5, 0.6) is 0 Å². The molecule has 1 amide bonds. The quantitative estimate of drug-likeness (QED) is 0.702. The number of hydrogen-bond donors (Lipinski definition) is 0. The van der Waals surface area contributed by atoms with Crippen LogP contribution in [0.1, 0.15) is 29.6 Å². The largest absolute Gasteiger partial charge is 0.467 e. The summed E-state index contributed by atoms with van der Waals surface area (Å²) in [5.74, 6) is -0.802. The molecule has 2 aliphatic rings. The molecule has 2 fully saturated rings. The van der Waals surface area contributed by atoms with E-state index in [4.69, 9.17) is 9.47 Å². The lowest BCUT2D eigenvalue weighted by molar-refractivity contribution is -0.147. The highest BCUT2D eigenvalue weighted by atomic mass is 32.2. The number of ether oxygens (including phenoxy) is 2. The van der Waals surface area contributed by atoms with Gasteiger partial charge in [-0.15, -0.1) is 0 Å². The molecule has 8 nitrogen and oxygen atoms in total. The predicted octanol–water partition coefficient (Wildman–Crippen LogP) is 0.875. The Bertz CT molecular complexity index is 804. The van der Waals surface area contributed by atoms with Crippen LogP contribution in [0.25, 0.3) is 0 Å². The van der Waals surface area contributed by atoms with E-state index in [9.17, 15) is 18.0 Å². The summed E-state index contributed by atoms with van der Waals surface area (Å²) in [6.07, 6.45) is 2.18. The molecule has 0 N–H and O–H groups in total. The molecule has 2 heterocycles. The number of morpholine rings is 1. The monoisotopic (exact) mass is 396 g/mol. The first-order chi connectivity index (χ1) is 12.9. The van der Waals surface area contributed by atoms with Gasteiger partial charge < -0.3 is 14.4 Å². The number of benzene rings is 1. The molecule has 0 spiro atoms. The third-order valence-electron chi connectivity index (χ3n) is 4.93. The van der Waals surface area contributed by atoms with Crippen LogP contribution in [0, 0.1) is 0 Å². The summed E-state index contributed by atoms with van der Waals surface area (Å²) >= 11 is 0. The van der Waals surface area contributed by atoms with E-state index in [-0.39, 0.29) is 29.5 Å². The van der Waals surface area contributed by atoms with Crippen LogP contribution >= 0.6 is 0 Å². The van der Waals surface area contributed by atoms with Gasteiger partial charge in [-0.05, 0) is 37.5 Å². The molecule has 1 aromatic carbocycles. The van der Waals surface area contributed by atoms with Gasteiger partial charge in [0.05, 0.1) is 25.2 Å². The van der Waals surface area contributed by atoms with Crippen LogP contribution in [0.15, 0.2) is 29.2 Å². The van der Waals surface area contributed by atoms with Crippen molar-refractivity contribution in [3.63, 3.8) is 0 Å². The average Bonchev–Trinajstić information content (AvgIpc) is 2.73. The maximum absolute atomic E-state index is 13.0. The number of likely N-dealkylation sites (tertiary alicyclic amines) is 1. The Morgan fingerprint density at radius 3 is 2.59 bits per heavy atom. The summed E-state index contributed by atoms with van der Waals surface area (Å²) in [4.78, 5) is 26.5. The fourth-order valence-corrected chi connectivity index (χ4v) is 4.90. The lowest BCUT2D eigenvalue weighted by atomic mass is 10.0. The zero-order valence-electron chi connectivity index (χ0n) is 15.3. The summed E-state index contributed by atoms with van der Waals surface area (Å²) in [5, 5.41) is 0. The first-order valence-corrected chi connectivity index (χ1v) is 10.5. The summed E-state index contributed by atoms with van der Waals surface area (Å²) in [5.41, 5.74) is 0.250. The first-order valence-electron chi connectivity index (χ1n) is 9.02. The molecule has 3 rings (SSSR count). The molecule has 0 unspecified atom stereocenters. The Labute approximate surface area is 159 Å². The second-order valence-corrected chi connectivity index (χ2v) is 8.52. The van der Waals surface area contributed by atoms with Crippen LogP contribution < -0.4 is 0 Å². The van der Waals surface area contributed by atoms with Gasteiger partial charge in [-0.2, -0.15) is 4.31 Å². The Hall–Kier alpha value is -1.97. The fourth-order valence-electron chi connectivity index (χ4n) is 3.45. The Morgan fingerprint density at radius 1 is 1.15 bits per heavy atom. The molecular formula is C18H24N2O6S. The predicted molar refractivity (Wildman–Crippen MR) is 96.7 cm³/mol. The van der Waals surface area contributed by atoms with Gasteiger partial charge in [0.25, 0.3) is 5.91 Å². The molecule has 0 aromatic heterocycles. The minimum Gasteiger partial charge on any atom is -0.467 e. The van der Waals surface area contributed by atoms with Crippen LogP contribution in [0.2, 0.25) is 0 Å². The summed E-state index contributed by atoms with van der Waals surface area (Å²) in [6, 6.07) is 5.36. The van der Waals surface area contributed by atoms with Crippen molar-refractivity contribution in [2.75, 3.05) is 40.0 Å². The van der Waals surface area contributed by atoms with Crippen LogP contribution in [0.3, 0.4) is 0 Å². The van der Waals surface area contributed by atoms with Crippen molar-refractivity contribution in [3.8, 4) is 0 Å². The summed E-state index contributed by atoms with van der Waals surface area (Å²) in [6.45, 7) is 1.73. The van der Waals surface area contributed by atoms with Crippen molar-refractivity contribution >= 4 is 21.9 Å². The van der Waals surface area contributed by atoms with E-state index in [0.717, 1.165) is 12.8 Å². The second kappa shape index (κ2) is 8.37. The van der Waals surface area contributed by atoms with Crippen LogP contribution in [-0.4, -0.2) is 75.5 Å². The molecule has 0 radical (unpaired) electrons. The van der Waals surface area contributed by atoms with Gasteiger partial charge in [0.1, 0.15) is 6.04 Å². The highest BCUT2D eigenvalue weighted by Crippen LogP contribution is 2.23. The lowest BCUT2D eigenvalue weighted by Gasteiger charge is -2.34. The van der Waals surface area contributed by atoms with Gasteiger partial charge >= 0.3 is 5.97 Å². The molecule has 0 bridgehead atoms. The van der Waals surface area contributed by atoms with Gasteiger partial charge in [0.15, 0.2) is 0 Å².